The van der Waals surface area contributed by atoms with E-state index in [9.17, 15) is 4.79 Å². The number of hydrogen-bond acceptors (Lipinski definition) is 4. The Morgan fingerprint density at radius 1 is 1.06 bits per heavy atom. The monoisotopic (exact) mass is 497 g/mol. The molecule has 0 saturated carbocycles. The van der Waals surface area contributed by atoms with Gasteiger partial charge >= 0.3 is 6.09 Å². The highest BCUT2D eigenvalue weighted by Crippen LogP contribution is 2.40. The molecule has 3 aromatic carbocycles. The van der Waals surface area contributed by atoms with E-state index in [0.717, 1.165) is 27.8 Å². The summed E-state index contributed by atoms with van der Waals surface area (Å²) in [6.45, 7) is 0.522. The number of ether oxygens (including phenoxy) is 1. The predicted octanol–water partition coefficient (Wildman–Crippen LogP) is 7.31. The third kappa shape index (κ3) is 4.38. The van der Waals surface area contributed by atoms with Gasteiger partial charge in [0, 0.05) is 45.1 Å². The number of rotatable bonds is 4. The number of aromatic amines is 1. The minimum atomic E-state index is -0.407. The van der Waals surface area contributed by atoms with Crippen LogP contribution < -0.4 is 9.46 Å². The van der Waals surface area contributed by atoms with Crippen molar-refractivity contribution in [2.45, 2.75) is 12.5 Å². The van der Waals surface area contributed by atoms with Crippen LogP contribution in [0.4, 0.5) is 10.5 Å². The first-order chi connectivity index (χ1) is 16.0. The maximum atomic E-state index is 13.3. The first-order valence-corrected chi connectivity index (χ1v) is 12.4. The summed E-state index contributed by atoms with van der Waals surface area (Å²) in [6.07, 6.45) is 2.27. The van der Waals surface area contributed by atoms with Gasteiger partial charge in [0.25, 0.3) is 0 Å². The molecule has 1 aromatic heterocycles. The van der Waals surface area contributed by atoms with Gasteiger partial charge in [-0.25, -0.2) is 4.79 Å². The number of benzene rings is 3. The molecule has 1 unspecified atom stereocenters. The first-order valence-electron chi connectivity index (χ1n) is 10.5. The number of fused-ring (bicyclic) bond motifs is 3. The number of nitrogens with zero attached hydrogens (tertiary/aromatic N) is 1. The average molecular weight is 498 g/mol. The molecule has 0 fully saturated rings. The van der Waals surface area contributed by atoms with Crippen LogP contribution >= 0.6 is 35.1 Å². The summed E-state index contributed by atoms with van der Waals surface area (Å²) in [6, 6.07) is 20.4. The lowest BCUT2D eigenvalue weighted by atomic mass is 9.92. The molecule has 4 aromatic rings. The standard InChI is InChI=1S/C25H21Cl2N3O2S/c1-33-29-18-7-2-15(3-8-18)24-23-20(21-14-17(27)6-11-22(21)28-23)12-13-30(24)25(31)32-19-9-4-16(26)5-10-19/h2-11,14,24,28-29H,12-13H2,1H3. The number of H-pyrrole nitrogens is 1. The zero-order chi connectivity index (χ0) is 22.9. The fourth-order valence-corrected chi connectivity index (χ4v) is 4.99. The Kier molecular flexibility index (Phi) is 6.15. The SMILES string of the molecule is CSNc1ccc(C2c3[nH]c4ccc(Cl)cc4c3CCN2C(=O)Oc2ccc(Cl)cc2)cc1. The zero-order valence-electron chi connectivity index (χ0n) is 17.8. The summed E-state index contributed by atoms with van der Waals surface area (Å²) in [5.74, 6) is 0.455. The van der Waals surface area contributed by atoms with Crippen molar-refractivity contribution < 1.29 is 9.53 Å². The summed E-state index contributed by atoms with van der Waals surface area (Å²) in [7, 11) is 0. The van der Waals surface area contributed by atoms with Gasteiger partial charge in [0.2, 0.25) is 0 Å². The minimum absolute atomic E-state index is 0.317. The molecule has 5 rings (SSSR count). The van der Waals surface area contributed by atoms with E-state index < -0.39 is 6.09 Å². The normalized spacial score (nSPS) is 15.4. The van der Waals surface area contributed by atoms with Crippen LogP contribution in [0.2, 0.25) is 10.0 Å². The third-order valence-corrected chi connectivity index (χ3v) is 6.72. The van der Waals surface area contributed by atoms with E-state index in [1.807, 2.05) is 48.7 Å². The molecule has 0 bridgehead atoms. The fraction of sp³-hybridized carbons (Fsp3) is 0.160. The lowest BCUT2D eigenvalue weighted by Crippen LogP contribution is -2.42. The van der Waals surface area contributed by atoms with Crippen LogP contribution in [0, 0.1) is 0 Å². The maximum absolute atomic E-state index is 13.3. The van der Waals surface area contributed by atoms with E-state index in [1.54, 1.807) is 29.2 Å². The van der Waals surface area contributed by atoms with E-state index in [4.69, 9.17) is 27.9 Å². The van der Waals surface area contributed by atoms with Gasteiger partial charge in [0.15, 0.2) is 0 Å². The molecule has 0 spiro atoms. The highest BCUT2D eigenvalue weighted by molar-refractivity contribution is 7.99. The number of nitrogens with one attached hydrogen (secondary N) is 2. The molecule has 0 aliphatic carbocycles. The van der Waals surface area contributed by atoms with Crippen molar-refractivity contribution in [2.75, 3.05) is 17.5 Å². The van der Waals surface area contributed by atoms with E-state index in [-0.39, 0.29) is 6.04 Å². The van der Waals surface area contributed by atoms with E-state index in [0.29, 0.717) is 28.8 Å². The van der Waals surface area contributed by atoms with Crippen molar-refractivity contribution in [3.63, 3.8) is 0 Å². The second-order valence-electron chi connectivity index (χ2n) is 7.80. The van der Waals surface area contributed by atoms with Gasteiger partial charge in [-0.2, -0.15) is 0 Å². The van der Waals surface area contributed by atoms with Crippen molar-refractivity contribution in [1.82, 2.24) is 9.88 Å². The zero-order valence-corrected chi connectivity index (χ0v) is 20.1. The van der Waals surface area contributed by atoms with Crippen molar-refractivity contribution in [2.24, 2.45) is 0 Å². The number of aromatic nitrogens is 1. The topological polar surface area (TPSA) is 57.4 Å². The molecule has 8 heteroatoms. The average Bonchev–Trinajstić information content (AvgIpc) is 3.18. The van der Waals surface area contributed by atoms with Crippen molar-refractivity contribution in [3.05, 3.63) is 93.6 Å². The summed E-state index contributed by atoms with van der Waals surface area (Å²) < 4.78 is 8.94. The molecule has 1 amide bonds. The van der Waals surface area contributed by atoms with Gasteiger partial charge in [-0.15, -0.1) is 0 Å². The molecule has 33 heavy (non-hydrogen) atoms. The Hall–Kier alpha value is -2.80. The Morgan fingerprint density at radius 3 is 2.52 bits per heavy atom. The molecular weight excluding hydrogens is 477 g/mol. The van der Waals surface area contributed by atoms with Crippen molar-refractivity contribution in [1.29, 1.82) is 0 Å². The van der Waals surface area contributed by atoms with Crippen LogP contribution in [0.15, 0.2) is 66.7 Å². The fourth-order valence-electron chi connectivity index (χ4n) is 4.32. The second kappa shape index (κ2) is 9.21. The summed E-state index contributed by atoms with van der Waals surface area (Å²) >= 11 is 13.8. The van der Waals surface area contributed by atoms with E-state index in [2.05, 4.69) is 9.71 Å². The molecule has 2 N–H and O–H groups in total. The molecule has 2 heterocycles. The minimum Gasteiger partial charge on any atom is -0.410 e. The lowest BCUT2D eigenvalue weighted by Gasteiger charge is -2.35. The highest BCUT2D eigenvalue weighted by atomic mass is 35.5. The van der Waals surface area contributed by atoms with Crippen LogP contribution in [-0.2, 0) is 6.42 Å². The van der Waals surface area contributed by atoms with Gasteiger partial charge < -0.3 is 14.4 Å². The number of carbonyl (C=O) groups excluding carboxylic acids is 1. The van der Waals surface area contributed by atoms with E-state index >= 15 is 0 Å². The molecule has 0 saturated heterocycles. The van der Waals surface area contributed by atoms with Gasteiger partial charge in [0.05, 0.1) is 0 Å². The van der Waals surface area contributed by atoms with Crippen LogP contribution in [-0.4, -0.2) is 28.8 Å². The summed E-state index contributed by atoms with van der Waals surface area (Å²) in [5, 5.41) is 2.37. The largest absolute Gasteiger partial charge is 0.416 e. The van der Waals surface area contributed by atoms with Gasteiger partial charge in [-0.05, 0) is 72.1 Å². The maximum Gasteiger partial charge on any atom is 0.416 e. The molecule has 0 radical (unpaired) electrons. The van der Waals surface area contributed by atoms with E-state index in [1.165, 1.54) is 17.5 Å². The molecule has 1 aliphatic rings. The first kappa shape index (κ1) is 22.0. The van der Waals surface area contributed by atoms with Crippen LogP contribution in [0.25, 0.3) is 10.9 Å². The smallest absolute Gasteiger partial charge is 0.410 e. The second-order valence-corrected chi connectivity index (χ2v) is 9.29. The van der Waals surface area contributed by atoms with Crippen molar-refractivity contribution in [3.8, 4) is 5.75 Å². The van der Waals surface area contributed by atoms with Crippen molar-refractivity contribution >= 4 is 57.8 Å². The number of hydrogen-bond donors (Lipinski definition) is 2. The Labute approximate surface area is 206 Å². The summed E-state index contributed by atoms with van der Waals surface area (Å²) in [4.78, 5) is 18.6. The third-order valence-electron chi connectivity index (χ3n) is 5.79. The Balaban J connectivity index is 1.56. The predicted molar refractivity (Wildman–Crippen MR) is 137 cm³/mol. The quantitative estimate of drug-likeness (QED) is 0.290. The number of amides is 1. The number of anilines is 1. The molecular formula is C25H21Cl2N3O2S. The number of halogens is 2. The number of carbonyl (C=O) groups is 1. The molecule has 1 aliphatic heterocycles. The van der Waals surface area contributed by atoms with Gasteiger partial charge in [-0.1, -0.05) is 47.3 Å². The molecule has 1 atom stereocenters. The van der Waals surface area contributed by atoms with Crippen LogP contribution in [0.1, 0.15) is 22.9 Å². The highest BCUT2D eigenvalue weighted by Gasteiger charge is 2.35. The van der Waals surface area contributed by atoms with Crippen LogP contribution in [0.5, 0.6) is 5.75 Å². The van der Waals surface area contributed by atoms with Gasteiger partial charge in [0.1, 0.15) is 11.8 Å². The van der Waals surface area contributed by atoms with Crippen LogP contribution in [0.3, 0.4) is 0 Å². The summed E-state index contributed by atoms with van der Waals surface area (Å²) in [5.41, 5.74) is 5.16. The van der Waals surface area contributed by atoms with Gasteiger partial charge in [-0.3, -0.25) is 4.90 Å². The lowest BCUT2D eigenvalue weighted by molar-refractivity contribution is 0.135. The molecule has 5 nitrogen and oxygen atoms in total. The Morgan fingerprint density at radius 2 is 1.79 bits per heavy atom. The molecule has 168 valence electrons. The Bertz CT molecular complexity index is 1310.